The van der Waals surface area contributed by atoms with Crippen LogP contribution >= 0.6 is 23.2 Å². The van der Waals surface area contributed by atoms with Crippen LogP contribution < -0.4 is 0 Å². The highest BCUT2D eigenvalue weighted by molar-refractivity contribution is 6.37. The van der Waals surface area contributed by atoms with Gasteiger partial charge in [0.05, 0.1) is 10.0 Å². The lowest BCUT2D eigenvalue weighted by molar-refractivity contribution is 0.168. The molecule has 18 heavy (non-hydrogen) atoms. The Kier molecular flexibility index (Phi) is 3.85. The van der Waals surface area contributed by atoms with E-state index < -0.39 is 0 Å². The van der Waals surface area contributed by atoms with E-state index in [0.717, 1.165) is 12.0 Å². The van der Waals surface area contributed by atoms with Gasteiger partial charge in [-0.2, -0.15) is 0 Å². The van der Waals surface area contributed by atoms with E-state index in [0.29, 0.717) is 27.3 Å². The quantitative estimate of drug-likeness (QED) is 0.709. The number of halogens is 2. The summed E-state index contributed by atoms with van der Waals surface area (Å²) >= 11 is 12.0. The molecule has 1 nitrogen and oxygen atoms in total. The van der Waals surface area contributed by atoms with E-state index in [1.54, 1.807) is 0 Å². The van der Waals surface area contributed by atoms with Gasteiger partial charge in [0.15, 0.2) is 5.75 Å². The number of rotatable bonds is 1. The Bertz CT molecular complexity index is 431. The second-order valence-corrected chi connectivity index (χ2v) is 7.26. The Labute approximate surface area is 119 Å². The average Bonchev–Trinajstić information content (AvgIpc) is 2.22. The van der Waals surface area contributed by atoms with Crippen molar-refractivity contribution < 1.29 is 5.11 Å². The predicted octanol–water partition coefficient (Wildman–Crippen LogP) is 5.63. The lowest BCUT2D eigenvalue weighted by Gasteiger charge is -2.39. The Morgan fingerprint density at radius 3 is 2.22 bits per heavy atom. The van der Waals surface area contributed by atoms with Crippen molar-refractivity contribution in [2.24, 2.45) is 11.3 Å². The SMILES string of the molecule is CC1C[C@H](c2cc(Cl)c(O)c(Cl)c2)CC(C)(C)C1. The van der Waals surface area contributed by atoms with E-state index in [9.17, 15) is 5.11 Å². The maximum absolute atomic E-state index is 9.62. The first kappa shape index (κ1) is 14.0. The molecular weight excluding hydrogens is 267 g/mol. The Balaban J connectivity index is 2.31. The monoisotopic (exact) mass is 286 g/mol. The zero-order valence-electron chi connectivity index (χ0n) is 11.1. The van der Waals surface area contributed by atoms with Crippen LogP contribution in [0, 0.1) is 11.3 Å². The van der Waals surface area contributed by atoms with Crippen LogP contribution in [0.2, 0.25) is 10.0 Å². The van der Waals surface area contributed by atoms with Gasteiger partial charge in [-0.15, -0.1) is 0 Å². The van der Waals surface area contributed by atoms with Crippen LogP contribution in [0.1, 0.15) is 51.5 Å². The maximum atomic E-state index is 9.62. The fourth-order valence-corrected chi connectivity index (χ4v) is 3.92. The molecule has 1 N–H and O–H groups in total. The summed E-state index contributed by atoms with van der Waals surface area (Å²) in [5, 5.41) is 10.3. The topological polar surface area (TPSA) is 20.2 Å². The summed E-state index contributed by atoms with van der Waals surface area (Å²) in [6, 6.07) is 3.73. The Morgan fingerprint density at radius 2 is 1.72 bits per heavy atom. The molecule has 0 radical (unpaired) electrons. The Hall–Kier alpha value is -0.400. The molecule has 1 fully saturated rings. The second kappa shape index (κ2) is 4.94. The van der Waals surface area contributed by atoms with Crippen LogP contribution in [0.3, 0.4) is 0 Å². The fraction of sp³-hybridized carbons (Fsp3) is 0.600. The van der Waals surface area contributed by atoms with Crippen molar-refractivity contribution >= 4 is 23.2 Å². The van der Waals surface area contributed by atoms with Gasteiger partial charge < -0.3 is 5.11 Å². The smallest absolute Gasteiger partial charge is 0.152 e. The first-order valence-corrected chi connectivity index (χ1v) is 7.22. The van der Waals surface area contributed by atoms with Crippen LogP contribution in [0.15, 0.2) is 12.1 Å². The molecule has 1 aromatic rings. The molecule has 1 aliphatic carbocycles. The molecule has 1 aromatic carbocycles. The van der Waals surface area contributed by atoms with Gasteiger partial charge in [0.2, 0.25) is 0 Å². The van der Waals surface area contributed by atoms with Crippen LogP contribution in [0.5, 0.6) is 5.75 Å². The minimum absolute atomic E-state index is 0.00907. The molecule has 0 heterocycles. The van der Waals surface area contributed by atoms with E-state index in [4.69, 9.17) is 23.2 Å². The van der Waals surface area contributed by atoms with Crippen LogP contribution in [0.25, 0.3) is 0 Å². The van der Waals surface area contributed by atoms with E-state index in [-0.39, 0.29) is 5.75 Å². The van der Waals surface area contributed by atoms with Gasteiger partial charge in [0.25, 0.3) is 0 Å². The zero-order valence-corrected chi connectivity index (χ0v) is 12.6. The molecule has 0 saturated heterocycles. The van der Waals surface area contributed by atoms with Crippen molar-refractivity contribution in [2.75, 3.05) is 0 Å². The zero-order chi connectivity index (χ0) is 13.5. The highest BCUT2D eigenvalue weighted by Crippen LogP contribution is 2.47. The number of phenols is 1. The first-order chi connectivity index (χ1) is 8.28. The molecule has 1 aliphatic rings. The molecule has 3 heteroatoms. The average molecular weight is 287 g/mol. The lowest BCUT2D eigenvalue weighted by atomic mass is 9.66. The van der Waals surface area contributed by atoms with Crippen LogP contribution in [-0.4, -0.2) is 5.11 Å². The van der Waals surface area contributed by atoms with E-state index in [1.165, 1.54) is 12.8 Å². The van der Waals surface area contributed by atoms with Gasteiger partial charge in [-0.3, -0.25) is 0 Å². The van der Waals surface area contributed by atoms with Crippen molar-refractivity contribution in [3.63, 3.8) is 0 Å². The number of hydrogen-bond acceptors (Lipinski definition) is 1. The van der Waals surface area contributed by atoms with Gasteiger partial charge >= 0.3 is 0 Å². The number of hydrogen-bond donors (Lipinski definition) is 1. The molecule has 0 aromatic heterocycles. The third kappa shape index (κ3) is 2.95. The standard InChI is InChI=1S/C15H20Cl2O/c1-9-4-11(8-15(2,3)7-9)10-5-12(16)14(18)13(17)6-10/h5-6,9,11,18H,4,7-8H2,1-3H3/t9?,11-/m0/s1. The van der Waals surface area contributed by atoms with Gasteiger partial charge in [0, 0.05) is 0 Å². The first-order valence-electron chi connectivity index (χ1n) is 6.46. The Morgan fingerprint density at radius 1 is 1.17 bits per heavy atom. The molecule has 2 atom stereocenters. The molecule has 0 bridgehead atoms. The normalized spacial score (nSPS) is 27.2. The summed E-state index contributed by atoms with van der Waals surface area (Å²) in [6.45, 7) is 6.94. The lowest BCUT2D eigenvalue weighted by Crippen LogP contribution is -2.26. The molecule has 100 valence electrons. The van der Waals surface area contributed by atoms with Crippen LogP contribution in [-0.2, 0) is 0 Å². The van der Waals surface area contributed by atoms with E-state index in [1.807, 2.05) is 12.1 Å². The molecule has 0 spiro atoms. The molecule has 0 amide bonds. The fourth-order valence-electron chi connectivity index (χ4n) is 3.42. The second-order valence-electron chi connectivity index (χ2n) is 6.44. The number of benzene rings is 1. The largest absolute Gasteiger partial charge is 0.505 e. The summed E-state index contributed by atoms with van der Waals surface area (Å²) in [5.41, 5.74) is 1.52. The van der Waals surface area contributed by atoms with Gasteiger partial charge in [-0.1, -0.05) is 44.0 Å². The van der Waals surface area contributed by atoms with E-state index in [2.05, 4.69) is 20.8 Å². The van der Waals surface area contributed by atoms with Crippen molar-refractivity contribution in [1.82, 2.24) is 0 Å². The number of phenolic OH excluding ortho intramolecular Hbond substituents is 1. The highest BCUT2D eigenvalue weighted by Gasteiger charge is 2.33. The van der Waals surface area contributed by atoms with E-state index >= 15 is 0 Å². The van der Waals surface area contributed by atoms with Gasteiger partial charge in [-0.05, 0) is 54.2 Å². The predicted molar refractivity (Wildman–Crippen MR) is 77.7 cm³/mol. The summed E-state index contributed by atoms with van der Waals surface area (Å²) in [5.74, 6) is 1.19. The summed E-state index contributed by atoms with van der Waals surface area (Å²) in [6.07, 6.45) is 3.58. The van der Waals surface area contributed by atoms with Gasteiger partial charge in [0.1, 0.15) is 0 Å². The van der Waals surface area contributed by atoms with Crippen LogP contribution in [0.4, 0.5) is 0 Å². The highest BCUT2D eigenvalue weighted by atomic mass is 35.5. The van der Waals surface area contributed by atoms with Crippen molar-refractivity contribution in [1.29, 1.82) is 0 Å². The van der Waals surface area contributed by atoms with Gasteiger partial charge in [-0.25, -0.2) is 0 Å². The molecular formula is C15H20Cl2O. The number of aromatic hydroxyl groups is 1. The third-order valence-corrected chi connectivity index (χ3v) is 4.47. The molecule has 1 saturated carbocycles. The summed E-state index contributed by atoms with van der Waals surface area (Å²) in [4.78, 5) is 0. The van der Waals surface area contributed by atoms with Crippen molar-refractivity contribution in [3.8, 4) is 5.75 Å². The summed E-state index contributed by atoms with van der Waals surface area (Å²) < 4.78 is 0. The molecule has 2 rings (SSSR count). The minimum Gasteiger partial charge on any atom is -0.505 e. The third-order valence-electron chi connectivity index (χ3n) is 3.90. The minimum atomic E-state index is -0.00907. The summed E-state index contributed by atoms with van der Waals surface area (Å²) in [7, 11) is 0. The molecule has 0 aliphatic heterocycles. The van der Waals surface area contributed by atoms with Crippen molar-refractivity contribution in [3.05, 3.63) is 27.7 Å². The molecule has 1 unspecified atom stereocenters. The maximum Gasteiger partial charge on any atom is 0.152 e. The van der Waals surface area contributed by atoms with Crippen molar-refractivity contribution in [2.45, 2.75) is 46.0 Å².